The van der Waals surface area contributed by atoms with Gasteiger partial charge in [0.05, 0.1) is 10.9 Å². The van der Waals surface area contributed by atoms with Gasteiger partial charge >= 0.3 is 12.0 Å². The van der Waals surface area contributed by atoms with Crippen LogP contribution in [0.4, 0.5) is 14.9 Å². The van der Waals surface area contributed by atoms with Crippen molar-refractivity contribution in [3.63, 3.8) is 0 Å². The topological polar surface area (TPSA) is 78.4 Å². The highest BCUT2D eigenvalue weighted by Crippen LogP contribution is 2.19. The Balaban J connectivity index is 2.58. The first-order valence-corrected chi connectivity index (χ1v) is 6.46. The van der Waals surface area contributed by atoms with Gasteiger partial charge in [0.1, 0.15) is 5.82 Å². The zero-order valence-corrected chi connectivity index (χ0v) is 11.8. The molecule has 1 aromatic rings. The van der Waals surface area contributed by atoms with Crippen LogP contribution in [0, 0.1) is 5.82 Å². The summed E-state index contributed by atoms with van der Waals surface area (Å²) in [5.41, 5.74) is 0.413. The first-order valence-electron chi connectivity index (χ1n) is 5.66. The van der Waals surface area contributed by atoms with Crippen molar-refractivity contribution in [3.8, 4) is 0 Å². The van der Waals surface area contributed by atoms with Gasteiger partial charge in [-0.05, 0) is 40.5 Å². The second kappa shape index (κ2) is 7.08. The number of hydrogen-bond donors (Lipinski definition) is 3. The molecule has 0 aliphatic rings. The molecule has 0 radical (unpaired) electrons. The molecule has 0 saturated carbocycles. The van der Waals surface area contributed by atoms with E-state index in [0.29, 0.717) is 12.1 Å². The molecule has 0 aromatic heterocycles. The number of rotatable bonds is 5. The van der Waals surface area contributed by atoms with Crippen LogP contribution in [0.2, 0.25) is 0 Å². The predicted octanol–water partition coefficient (Wildman–Crippen LogP) is 2.96. The van der Waals surface area contributed by atoms with Crippen LogP contribution in [0.25, 0.3) is 0 Å². The first-order chi connectivity index (χ1) is 8.92. The number of nitrogens with one attached hydrogen (secondary N) is 2. The summed E-state index contributed by atoms with van der Waals surface area (Å²) in [6, 6.07) is 3.09. The van der Waals surface area contributed by atoms with Crippen LogP contribution in [0.5, 0.6) is 0 Å². The molecule has 1 rings (SSSR count). The number of carboxylic acid groups (broad SMARTS) is 1. The van der Waals surface area contributed by atoms with E-state index >= 15 is 0 Å². The number of carbonyl (C=O) groups excluding carboxylic acids is 1. The number of halogens is 2. The molecule has 3 N–H and O–H groups in total. The predicted molar refractivity (Wildman–Crippen MR) is 72.6 cm³/mol. The van der Waals surface area contributed by atoms with Gasteiger partial charge < -0.3 is 15.7 Å². The lowest BCUT2D eigenvalue weighted by atomic mass is 10.1. The fourth-order valence-corrected chi connectivity index (χ4v) is 1.81. The van der Waals surface area contributed by atoms with Crippen LogP contribution in [-0.4, -0.2) is 23.1 Å². The number of urea groups is 1. The first kappa shape index (κ1) is 15.4. The molecule has 0 bridgehead atoms. The summed E-state index contributed by atoms with van der Waals surface area (Å²) in [7, 11) is 0. The fraction of sp³-hybridized carbons (Fsp3) is 0.333. The molecule has 5 nitrogen and oxygen atoms in total. The van der Waals surface area contributed by atoms with E-state index in [-0.39, 0.29) is 10.9 Å². The SMILES string of the molecule is CCC(CC(=O)O)NC(=O)Nc1ccc(F)c(Br)c1. The normalized spacial score (nSPS) is 11.7. The van der Waals surface area contributed by atoms with Crippen molar-refractivity contribution in [3.05, 3.63) is 28.5 Å². The zero-order valence-electron chi connectivity index (χ0n) is 10.2. The summed E-state index contributed by atoms with van der Waals surface area (Å²) in [4.78, 5) is 22.2. The molecule has 0 saturated heterocycles. The molecule has 0 fully saturated rings. The number of amides is 2. The second-order valence-corrected chi connectivity index (χ2v) is 4.78. The van der Waals surface area contributed by atoms with Crippen LogP contribution in [0.15, 0.2) is 22.7 Å². The number of hydrogen-bond acceptors (Lipinski definition) is 2. The minimum atomic E-state index is -0.975. The van der Waals surface area contributed by atoms with Crippen molar-refractivity contribution in [2.24, 2.45) is 0 Å². The number of benzene rings is 1. The Kier molecular flexibility index (Phi) is 5.75. The Labute approximate surface area is 118 Å². The monoisotopic (exact) mass is 332 g/mol. The van der Waals surface area contributed by atoms with E-state index in [9.17, 15) is 14.0 Å². The number of carbonyl (C=O) groups is 2. The van der Waals surface area contributed by atoms with Crippen molar-refractivity contribution in [1.29, 1.82) is 0 Å². The van der Waals surface area contributed by atoms with Crippen LogP contribution in [0.3, 0.4) is 0 Å². The highest BCUT2D eigenvalue weighted by molar-refractivity contribution is 9.10. The van der Waals surface area contributed by atoms with E-state index in [1.165, 1.54) is 18.2 Å². The van der Waals surface area contributed by atoms with Crippen LogP contribution >= 0.6 is 15.9 Å². The maximum absolute atomic E-state index is 13.0. The minimum Gasteiger partial charge on any atom is -0.481 e. The lowest BCUT2D eigenvalue weighted by Crippen LogP contribution is -2.38. The van der Waals surface area contributed by atoms with Crippen molar-refractivity contribution < 1.29 is 19.1 Å². The largest absolute Gasteiger partial charge is 0.481 e. The third-order valence-electron chi connectivity index (χ3n) is 2.43. The summed E-state index contributed by atoms with van der Waals surface area (Å²) in [6.45, 7) is 1.78. The maximum Gasteiger partial charge on any atom is 0.319 e. The van der Waals surface area contributed by atoms with Crippen molar-refractivity contribution in [2.75, 3.05) is 5.32 Å². The Morgan fingerprint density at radius 3 is 2.68 bits per heavy atom. The summed E-state index contributed by atoms with van der Waals surface area (Å²) < 4.78 is 13.2. The molecule has 104 valence electrons. The average Bonchev–Trinajstić information content (AvgIpc) is 2.32. The summed E-state index contributed by atoms with van der Waals surface area (Å²) in [5.74, 6) is -1.40. The van der Waals surface area contributed by atoms with E-state index in [1.54, 1.807) is 6.92 Å². The quantitative estimate of drug-likeness (QED) is 0.775. The molecule has 1 unspecified atom stereocenters. The number of aliphatic carboxylic acids is 1. The summed E-state index contributed by atoms with van der Waals surface area (Å²) in [6.07, 6.45) is 0.365. The average molecular weight is 333 g/mol. The third-order valence-corrected chi connectivity index (χ3v) is 3.03. The van der Waals surface area contributed by atoms with Gasteiger partial charge in [-0.25, -0.2) is 9.18 Å². The van der Waals surface area contributed by atoms with Crippen molar-refractivity contribution in [1.82, 2.24) is 5.32 Å². The smallest absolute Gasteiger partial charge is 0.319 e. The fourth-order valence-electron chi connectivity index (χ4n) is 1.43. The van der Waals surface area contributed by atoms with Gasteiger partial charge in [-0.3, -0.25) is 4.79 Å². The van der Waals surface area contributed by atoms with Gasteiger partial charge in [-0.1, -0.05) is 6.92 Å². The molecule has 19 heavy (non-hydrogen) atoms. The van der Waals surface area contributed by atoms with Crippen LogP contribution < -0.4 is 10.6 Å². The number of anilines is 1. The zero-order chi connectivity index (χ0) is 14.4. The third kappa shape index (κ3) is 5.25. The Bertz CT molecular complexity index is 482. The van der Waals surface area contributed by atoms with Gasteiger partial charge in [-0.15, -0.1) is 0 Å². The van der Waals surface area contributed by atoms with E-state index < -0.39 is 23.9 Å². The van der Waals surface area contributed by atoms with Gasteiger partial charge in [0.15, 0.2) is 0 Å². The number of carboxylic acids is 1. The van der Waals surface area contributed by atoms with Gasteiger partial charge in [-0.2, -0.15) is 0 Å². The Morgan fingerprint density at radius 2 is 2.16 bits per heavy atom. The molecule has 0 aliphatic carbocycles. The molecule has 0 heterocycles. The highest BCUT2D eigenvalue weighted by atomic mass is 79.9. The minimum absolute atomic E-state index is 0.142. The van der Waals surface area contributed by atoms with Crippen LogP contribution in [-0.2, 0) is 4.79 Å². The Morgan fingerprint density at radius 1 is 1.47 bits per heavy atom. The molecule has 1 atom stereocenters. The molecule has 0 spiro atoms. The lowest BCUT2D eigenvalue weighted by molar-refractivity contribution is -0.137. The Hall–Kier alpha value is -1.63. The van der Waals surface area contributed by atoms with Crippen molar-refractivity contribution >= 4 is 33.6 Å². The van der Waals surface area contributed by atoms with E-state index in [0.717, 1.165) is 0 Å². The molecular weight excluding hydrogens is 319 g/mol. The standard InChI is InChI=1S/C12H14BrFN2O3/c1-2-7(6-11(17)18)15-12(19)16-8-3-4-10(14)9(13)5-8/h3-5,7H,2,6H2,1H3,(H,17,18)(H2,15,16,19). The van der Waals surface area contributed by atoms with Gasteiger partial charge in [0, 0.05) is 11.7 Å². The van der Waals surface area contributed by atoms with E-state index in [2.05, 4.69) is 26.6 Å². The van der Waals surface area contributed by atoms with Crippen molar-refractivity contribution in [2.45, 2.75) is 25.8 Å². The lowest BCUT2D eigenvalue weighted by Gasteiger charge is -2.15. The molecule has 2 amide bonds. The van der Waals surface area contributed by atoms with Gasteiger partial charge in [0.2, 0.25) is 0 Å². The second-order valence-electron chi connectivity index (χ2n) is 3.93. The van der Waals surface area contributed by atoms with Crippen LogP contribution in [0.1, 0.15) is 19.8 Å². The molecular formula is C12H14BrFN2O3. The van der Waals surface area contributed by atoms with E-state index in [4.69, 9.17) is 5.11 Å². The highest BCUT2D eigenvalue weighted by Gasteiger charge is 2.14. The molecule has 0 aliphatic heterocycles. The molecule has 7 heteroatoms. The maximum atomic E-state index is 13.0. The molecule has 1 aromatic carbocycles. The summed E-state index contributed by atoms with van der Waals surface area (Å²) >= 11 is 3.01. The summed E-state index contributed by atoms with van der Waals surface area (Å²) in [5, 5.41) is 13.7. The van der Waals surface area contributed by atoms with E-state index in [1.807, 2.05) is 0 Å². The van der Waals surface area contributed by atoms with Gasteiger partial charge in [0.25, 0.3) is 0 Å².